The molecule has 1 N–H and O–H groups in total. The summed E-state index contributed by atoms with van der Waals surface area (Å²) in [5, 5.41) is 2.40. The Hall–Kier alpha value is -4.85. The number of esters is 8. The molecule has 1 saturated heterocycles. The first kappa shape index (κ1) is 43.2. The van der Waals surface area contributed by atoms with Gasteiger partial charge >= 0.3 is 47.8 Å². The zero-order valence-electron chi connectivity index (χ0n) is 29.1. The highest BCUT2D eigenvalue weighted by molar-refractivity contribution is 5.84. The Kier molecular flexibility index (Phi) is 17.8. The topological polar surface area (TPSA) is 258 Å². The summed E-state index contributed by atoms with van der Waals surface area (Å²) in [4.78, 5) is 111. The van der Waals surface area contributed by atoms with Crippen molar-refractivity contribution in [2.24, 2.45) is 0 Å². The van der Waals surface area contributed by atoms with Gasteiger partial charge in [0, 0.05) is 61.9 Å². The van der Waals surface area contributed by atoms with Crippen molar-refractivity contribution in [2.45, 2.75) is 117 Å². The van der Waals surface area contributed by atoms with Crippen LogP contribution in [0.3, 0.4) is 0 Å². The van der Waals surface area contributed by atoms with Crippen molar-refractivity contribution in [1.29, 1.82) is 0 Å². The minimum atomic E-state index is -2.03. The average Bonchev–Trinajstić information content (AvgIpc) is 2.96. The molecule has 1 aliphatic heterocycles. The van der Waals surface area contributed by atoms with Gasteiger partial charge in [-0.3, -0.25) is 43.2 Å². The minimum Gasteiger partial charge on any atom is -0.463 e. The molecule has 0 saturated carbocycles. The molecule has 0 aromatic carbocycles. The summed E-state index contributed by atoms with van der Waals surface area (Å²) >= 11 is 0. The van der Waals surface area contributed by atoms with E-state index >= 15 is 0 Å². The van der Waals surface area contributed by atoms with Crippen LogP contribution in [0, 0.1) is 0 Å². The first-order chi connectivity index (χ1) is 23.3. The third kappa shape index (κ3) is 14.7. The molecule has 20 heteroatoms. The van der Waals surface area contributed by atoms with E-state index < -0.39 is 122 Å². The Morgan fingerprint density at radius 1 is 0.580 bits per heavy atom. The van der Waals surface area contributed by atoms with Crippen molar-refractivity contribution in [3.8, 4) is 0 Å². The van der Waals surface area contributed by atoms with Crippen molar-refractivity contribution in [2.75, 3.05) is 19.8 Å². The second-order valence-corrected chi connectivity index (χ2v) is 10.6. The number of hydrogen-bond acceptors (Lipinski definition) is 19. The molecule has 282 valence electrons. The van der Waals surface area contributed by atoms with Gasteiger partial charge in [0.25, 0.3) is 5.91 Å². The van der Waals surface area contributed by atoms with Gasteiger partial charge in [0.05, 0.1) is 0 Å². The summed E-state index contributed by atoms with van der Waals surface area (Å²) in [5.41, 5.74) is 0. The Balaban J connectivity index is 4.11. The van der Waals surface area contributed by atoms with Gasteiger partial charge in [0.15, 0.2) is 36.8 Å². The van der Waals surface area contributed by atoms with Crippen molar-refractivity contribution in [3.63, 3.8) is 0 Å². The summed E-state index contributed by atoms with van der Waals surface area (Å²) in [6, 6.07) is 0. The van der Waals surface area contributed by atoms with Gasteiger partial charge in [0.1, 0.15) is 25.4 Å². The van der Waals surface area contributed by atoms with Crippen LogP contribution >= 0.6 is 0 Å². The fraction of sp³-hybridized carbons (Fsp3) is 0.700. The maximum atomic E-state index is 13.3. The fourth-order valence-electron chi connectivity index (χ4n) is 4.65. The Labute approximate surface area is 286 Å². The first-order valence-electron chi connectivity index (χ1n) is 15.2. The lowest BCUT2D eigenvalue weighted by atomic mass is 9.97. The minimum absolute atomic E-state index is 0.00454. The van der Waals surface area contributed by atoms with E-state index in [4.69, 9.17) is 47.4 Å². The van der Waals surface area contributed by atoms with Crippen molar-refractivity contribution >= 4 is 53.7 Å². The number of ether oxygens (including phenoxy) is 10. The SMILES string of the molecule is CCNC(=O)[C@H](OC(C)=O)[C@@H](OC(C)=O)[C@H](O[C@H]1O[C@H](COC(C)=O)[C@@H](OC(C)=O)[C@H](OC(C)=O)[C@H]1OC(C)=O)[C@@H](COC(C)=O)OC(C)=O. The maximum Gasteiger partial charge on any atom is 0.303 e. The Bertz CT molecular complexity index is 1270. The number of carbonyl (C=O) groups is 9. The van der Waals surface area contributed by atoms with Crippen molar-refractivity contribution in [1.82, 2.24) is 5.32 Å². The van der Waals surface area contributed by atoms with Gasteiger partial charge < -0.3 is 52.7 Å². The van der Waals surface area contributed by atoms with Gasteiger partial charge in [-0.25, -0.2) is 0 Å². The van der Waals surface area contributed by atoms with Gasteiger partial charge in [-0.15, -0.1) is 0 Å². The van der Waals surface area contributed by atoms with Crippen LogP contribution in [0.25, 0.3) is 0 Å². The van der Waals surface area contributed by atoms with E-state index in [-0.39, 0.29) is 6.54 Å². The van der Waals surface area contributed by atoms with Gasteiger partial charge in [-0.1, -0.05) is 0 Å². The summed E-state index contributed by atoms with van der Waals surface area (Å²) in [5.74, 6) is -8.70. The second-order valence-electron chi connectivity index (χ2n) is 10.6. The fourth-order valence-corrected chi connectivity index (χ4v) is 4.65. The average molecular weight is 722 g/mol. The largest absolute Gasteiger partial charge is 0.463 e. The van der Waals surface area contributed by atoms with Crippen molar-refractivity contribution < 1.29 is 90.5 Å². The monoisotopic (exact) mass is 721 g/mol. The van der Waals surface area contributed by atoms with Crippen LogP contribution in [0.1, 0.15) is 62.3 Å². The predicted molar refractivity (Wildman–Crippen MR) is 159 cm³/mol. The standard InChI is InChI=1S/C30H43NO19/c1-10-31-29(40)27(47-19(8)38)25(45-17(6)36)24(21(43-15(4)34)11-41-13(2)32)50-30-28(48-20(9)39)26(46-18(7)37)23(44-16(5)35)22(49-30)12-42-14(3)33/h21-28,30H,10-12H2,1-9H3,(H,31,40)/t21-,22-,23-,24-,25+,26+,27-,28-,30-/m1/s1. The highest BCUT2D eigenvalue weighted by Crippen LogP contribution is 2.33. The molecule has 0 aromatic heterocycles. The zero-order chi connectivity index (χ0) is 38.3. The normalized spacial score (nSPS) is 22.1. The molecule has 1 amide bonds. The van der Waals surface area contributed by atoms with Crippen LogP contribution < -0.4 is 5.32 Å². The number of nitrogens with one attached hydrogen (secondary N) is 1. The van der Waals surface area contributed by atoms with Crippen LogP contribution in [0.4, 0.5) is 0 Å². The summed E-state index contributed by atoms with van der Waals surface area (Å²) in [6.45, 7) is 7.88. The molecule has 0 aromatic rings. The number of rotatable bonds is 17. The van der Waals surface area contributed by atoms with Crippen LogP contribution in [-0.2, 0) is 90.5 Å². The predicted octanol–water partition coefficient (Wildman–Crippen LogP) is -1.05. The summed E-state index contributed by atoms with van der Waals surface area (Å²) in [7, 11) is 0. The zero-order valence-corrected chi connectivity index (χ0v) is 29.1. The number of carbonyl (C=O) groups excluding carboxylic acids is 9. The smallest absolute Gasteiger partial charge is 0.303 e. The number of hydrogen-bond donors (Lipinski definition) is 1. The van der Waals surface area contributed by atoms with Crippen molar-refractivity contribution in [3.05, 3.63) is 0 Å². The van der Waals surface area contributed by atoms with E-state index in [0.29, 0.717) is 0 Å². The Morgan fingerprint density at radius 3 is 1.54 bits per heavy atom. The molecule has 20 nitrogen and oxygen atoms in total. The van der Waals surface area contributed by atoms with Gasteiger partial charge in [-0.05, 0) is 6.92 Å². The molecule has 0 aliphatic carbocycles. The quantitative estimate of drug-likeness (QED) is 0.139. The van der Waals surface area contributed by atoms with E-state index in [2.05, 4.69) is 5.32 Å². The molecular formula is C30H43NO19. The number of amides is 1. The van der Waals surface area contributed by atoms with E-state index in [1.165, 1.54) is 6.92 Å². The van der Waals surface area contributed by atoms with Gasteiger partial charge in [-0.2, -0.15) is 0 Å². The molecular weight excluding hydrogens is 678 g/mol. The molecule has 0 unspecified atom stereocenters. The lowest BCUT2D eigenvalue weighted by Crippen LogP contribution is -2.65. The maximum absolute atomic E-state index is 13.3. The van der Waals surface area contributed by atoms with E-state index in [1.807, 2.05) is 0 Å². The highest BCUT2D eigenvalue weighted by atomic mass is 16.8. The number of likely N-dealkylation sites (N-methyl/N-ethyl adjacent to an activating group) is 1. The summed E-state index contributed by atoms with van der Waals surface area (Å²) in [6.07, 6.45) is -16.6. The van der Waals surface area contributed by atoms with Gasteiger partial charge in [0.2, 0.25) is 6.10 Å². The molecule has 0 spiro atoms. The van der Waals surface area contributed by atoms with E-state index in [9.17, 15) is 43.2 Å². The molecule has 1 rings (SSSR count). The summed E-state index contributed by atoms with van der Waals surface area (Å²) < 4.78 is 54.4. The second kappa shape index (κ2) is 20.6. The Morgan fingerprint density at radius 2 is 1.08 bits per heavy atom. The van der Waals surface area contributed by atoms with Crippen LogP contribution in [-0.4, -0.2) is 129 Å². The van der Waals surface area contributed by atoms with E-state index in [1.54, 1.807) is 0 Å². The first-order valence-corrected chi connectivity index (χ1v) is 15.2. The molecule has 0 bridgehead atoms. The molecule has 1 aliphatic rings. The molecule has 0 radical (unpaired) electrons. The van der Waals surface area contributed by atoms with Crippen LogP contribution in [0.2, 0.25) is 0 Å². The van der Waals surface area contributed by atoms with E-state index in [0.717, 1.165) is 55.4 Å². The molecule has 1 heterocycles. The third-order valence-electron chi connectivity index (χ3n) is 6.20. The molecule has 1 fully saturated rings. The molecule has 50 heavy (non-hydrogen) atoms. The van der Waals surface area contributed by atoms with Crippen LogP contribution in [0.15, 0.2) is 0 Å². The molecule has 9 atom stereocenters. The van der Waals surface area contributed by atoms with Crippen LogP contribution in [0.5, 0.6) is 0 Å². The lowest BCUT2D eigenvalue weighted by molar-refractivity contribution is -0.331. The lowest BCUT2D eigenvalue weighted by Gasteiger charge is -2.46. The third-order valence-corrected chi connectivity index (χ3v) is 6.20. The highest BCUT2D eigenvalue weighted by Gasteiger charge is 2.55.